The van der Waals surface area contributed by atoms with Crippen LogP contribution >= 0.6 is 0 Å². The number of aryl methyl sites for hydroxylation is 2. The lowest BCUT2D eigenvalue weighted by atomic mass is 10.1. The number of rotatable bonds is 11. The number of methoxy groups -OCH3 is 1. The summed E-state index contributed by atoms with van der Waals surface area (Å²) in [4.78, 5) is 27.9. The van der Waals surface area contributed by atoms with Gasteiger partial charge >= 0.3 is 0 Å². The van der Waals surface area contributed by atoms with Crippen LogP contribution in [0.5, 0.6) is 5.75 Å². The Balaban J connectivity index is 2.46. The molecular weight excluding hydrogens is 454 g/mol. The predicted molar refractivity (Wildman–Crippen MR) is 134 cm³/mol. The molecule has 186 valence electrons. The van der Waals surface area contributed by atoms with Gasteiger partial charge < -0.3 is 15.0 Å². The molecule has 0 radical (unpaired) electrons. The molecule has 9 heteroatoms. The monoisotopic (exact) mass is 489 g/mol. The molecular formula is C25H35N3O5S. The van der Waals surface area contributed by atoms with E-state index in [1.807, 2.05) is 45.0 Å². The molecule has 8 nitrogen and oxygen atoms in total. The summed E-state index contributed by atoms with van der Waals surface area (Å²) in [6.45, 7) is 7.48. The van der Waals surface area contributed by atoms with Gasteiger partial charge in [0, 0.05) is 13.1 Å². The molecule has 0 fully saturated rings. The summed E-state index contributed by atoms with van der Waals surface area (Å²) in [6.07, 6.45) is 1.47. The fraction of sp³-hybridized carbons (Fsp3) is 0.440. The Morgan fingerprint density at radius 2 is 1.71 bits per heavy atom. The lowest BCUT2D eigenvalue weighted by molar-refractivity contribution is -0.140. The van der Waals surface area contributed by atoms with Crippen molar-refractivity contribution in [3.05, 3.63) is 59.2 Å². The van der Waals surface area contributed by atoms with E-state index >= 15 is 0 Å². The van der Waals surface area contributed by atoms with E-state index in [2.05, 4.69) is 5.32 Å². The van der Waals surface area contributed by atoms with Gasteiger partial charge in [-0.2, -0.15) is 0 Å². The Labute approximate surface area is 202 Å². The maximum Gasteiger partial charge on any atom is 0.244 e. The van der Waals surface area contributed by atoms with Crippen molar-refractivity contribution in [1.82, 2.24) is 10.2 Å². The molecule has 2 amide bonds. The largest absolute Gasteiger partial charge is 0.497 e. The van der Waals surface area contributed by atoms with E-state index in [9.17, 15) is 18.0 Å². The quantitative estimate of drug-likeness (QED) is 0.523. The molecule has 0 spiro atoms. The summed E-state index contributed by atoms with van der Waals surface area (Å²) < 4.78 is 31.8. The van der Waals surface area contributed by atoms with E-state index in [1.54, 1.807) is 32.2 Å². The van der Waals surface area contributed by atoms with E-state index in [0.29, 0.717) is 24.4 Å². The van der Waals surface area contributed by atoms with E-state index in [1.165, 1.54) is 4.90 Å². The van der Waals surface area contributed by atoms with Crippen LogP contribution < -0.4 is 14.4 Å². The van der Waals surface area contributed by atoms with Crippen LogP contribution in [0.25, 0.3) is 0 Å². The van der Waals surface area contributed by atoms with Gasteiger partial charge in [-0.25, -0.2) is 8.42 Å². The number of benzene rings is 2. The maximum absolute atomic E-state index is 13.6. The van der Waals surface area contributed by atoms with E-state index in [4.69, 9.17) is 4.74 Å². The topological polar surface area (TPSA) is 96.0 Å². The first-order valence-electron chi connectivity index (χ1n) is 11.3. The third kappa shape index (κ3) is 6.96. The van der Waals surface area contributed by atoms with Crippen molar-refractivity contribution >= 4 is 27.5 Å². The van der Waals surface area contributed by atoms with Crippen molar-refractivity contribution in [1.29, 1.82) is 0 Å². The zero-order valence-corrected chi connectivity index (χ0v) is 21.6. The second-order valence-electron chi connectivity index (χ2n) is 8.25. The standard InChI is InChI=1S/C25H35N3O5S/c1-7-22(25(30)26-8-2)27(16-20-11-13-21(33-5)14-12-20)24(29)17-28(34(6,31)32)23-15-18(3)9-10-19(23)4/h9-15,22H,7-8,16-17H2,1-6H3,(H,26,30). The zero-order valence-electron chi connectivity index (χ0n) is 20.8. The number of carbonyl (C=O) groups excluding carboxylic acids is 2. The first-order valence-corrected chi connectivity index (χ1v) is 13.1. The number of hydrogen-bond donors (Lipinski definition) is 1. The first kappa shape index (κ1) is 27.2. The predicted octanol–water partition coefficient (Wildman–Crippen LogP) is 3.02. The molecule has 0 aliphatic rings. The smallest absolute Gasteiger partial charge is 0.244 e. The second kappa shape index (κ2) is 11.9. The van der Waals surface area contributed by atoms with Crippen molar-refractivity contribution in [3.63, 3.8) is 0 Å². The number of carbonyl (C=O) groups is 2. The number of nitrogens with zero attached hydrogens (tertiary/aromatic N) is 2. The number of sulfonamides is 1. The molecule has 1 N–H and O–H groups in total. The number of amides is 2. The number of hydrogen-bond acceptors (Lipinski definition) is 5. The Kier molecular flexibility index (Phi) is 9.49. The van der Waals surface area contributed by atoms with Crippen LogP contribution in [-0.4, -0.2) is 57.6 Å². The van der Waals surface area contributed by atoms with Crippen molar-refractivity contribution < 1.29 is 22.7 Å². The zero-order chi connectivity index (χ0) is 25.5. The summed E-state index contributed by atoms with van der Waals surface area (Å²) in [6, 6.07) is 11.9. The van der Waals surface area contributed by atoms with Gasteiger partial charge in [0.2, 0.25) is 21.8 Å². The minimum atomic E-state index is -3.76. The van der Waals surface area contributed by atoms with Crippen LogP contribution in [0, 0.1) is 13.8 Å². The average Bonchev–Trinajstić information content (AvgIpc) is 2.78. The highest BCUT2D eigenvalue weighted by Gasteiger charge is 2.32. The number of likely N-dealkylation sites (N-methyl/N-ethyl adjacent to an activating group) is 1. The molecule has 0 saturated heterocycles. The molecule has 0 bridgehead atoms. The average molecular weight is 490 g/mol. The third-order valence-corrected chi connectivity index (χ3v) is 6.69. The highest BCUT2D eigenvalue weighted by molar-refractivity contribution is 7.92. The summed E-state index contributed by atoms with van der Waals surface area (Å²) in [5.74, 6) is -0.0553. The lowest BCUT2D eigenvalue weighted by Crippen LogP contribution is -2.52. The summed E-state index contributed by atoms with van der Waals surface area (Å²) in [7, 11) is -2.19. The van der Waals surface area contributed by atoms with Gasteiger partial charge in [-0.15, -0.1) is 0 Å². The van der Waals surface area contributed by atoms with Gasteiger partial charge in [0.25, 0.3) is 0 Å². The van der Waals surface area contributed by atoms with E-state index in [0.717, 1.165) is 27.3 Å². The molecule has 0 heterocycles. The van der Waals surface area contributed by atoms with E-state index in [-0.39, 0.29) is 12.5 Å². The van der Waals surface area contributed by atoms with Crippen LogP contribution in [0.1, 0.15) is 37.0 Å². The summed E-state index contributed by atoms with van der Waals surface area (Å²) in [5, 5.41) is 2.78. The molecule has 0 saturated carbocycles. The maximum atomic E-state index is 13.6. The molecule has 0 aliphatic heterocycles. The van der Waals surface area contributed by atoms with Gasteiger partial charge in [0.1, 0.15) is 18.3 Å². The van der Waals surface area contributed by atoms with Crippen LogP contribution in [0.15, 0.2) is 42.5 Å². The number of nitrogens with one attached hydrogen (secondary N) is 1. The Morgan fingerprint density at radius 1 is 1.06 bits per heavy atom. The first-order chi connectivity index (χ1) is 16.0. The minimum absolute atomic E-state index is 0.156. The van der Waals surface area contributed by atoms with Crippen LogP contribution in [0.3, 0.4) is 0 Å². The van der Waals surface area contributed by atoms with Crippen molar-refractivity contribution in [2.24, 2.45) is 0 Å². The van der Waals surface area contributed by atoms with Gasteiger partial charge in [0.15, 0.2) is 0 Å². The molecule has 34 heavy (non-hydrogen) atoms. The van der Waals surface area contributed by atoms with E-state index < -0.39 is 28.5 Å². The molecule has 2 rings (SSSR count). The van der Waals surface area contributed by atoms with Crippen LogP contribution in [0.4, 0.5) is 5.69 Å². The van der Waals surface area contributed by atoms with Gasteiger partial charge in [-0.05, 0) is 62.1 Å². The van der Waals surface area contributed by atoms with Gasteiger partial charge in [0.05, 0.1) is 19.1 Å². The minimum Gasteiger partial charge on any atom is -0.497 e. The molecule has 1 atom stereocenters. The highest BCUT2D eigenvalue weighted by Crippen LogP contribution is 2.25. The molecule has 0 aromatic heterocycles. The lowest BCUT2D eigenvalue weighted by Gasteiger charge is -2.33. The Hall–Kier alpha value is -3.07. The van der Waals surface area contributed by atoms with Crippen molar-refractivity contribution in [2.45, 2.75) is 46.7 Å². The Bertz CT molecular complexity index is 1100. The van der Waals surface area contributed by atoms with Crippen LogP contribution in [-0.2, 0) is 26.2 Å². The third-order valence-electron chi connectivity index (χ3n) is 5.56. The normalized spacial score (nSPS) is 12.1. The summed E-state index contributed by atoms with van der Waals surface area (Å²) >= 11 is 0. The number of anilines is 1. The molecule has 1 unspecified atom stereocenters. The highest BCUT2D eigenvalue weighted by atomic mass is 32.2. The molecule has 0 aliphatic carbocycles. The Morgan fingerprint density at radius 3 is 2.24 bits per heavy atom. The van der Waals surface area contributed by atoms with Crippen molar-refractivity contribution in [2.75, 3.05) is 30.8 Å². The molecule has 2 aromatic carbocycles. The van der Waals surface area contributed by atoms with Crippen LogP contribution in [0.2, 0.25) is 0 Å². The number of ether oxygens (including phenoxy) is 1. The molecule has 2 aromatic rings. The summed E-state index contributed by atoms with van der Waals surface area (Å²) in [5.41, 5.74) is 2.87. The second-order valence-corrected chi connectivity index (χ2v) is 10.2. The SMILES string of the molecule is CCNC(=O)C(CC)N(Cc1ccc(OC)cc1)C(=O)CN(c1cc(C)ccc1C)S(C)(=O)=O. The van der Waals surface area contributed by atoms with Gasteiger partial charge in [-0.1, -0.05) is 31.2 Å². The fourth-order valence-electron chi connectivity index (χ4n) is 3.72. The fourth-order valence-corrected chi connectivity index (χ4v) is 4.62. The van der Waals surface area contributed by atoms with Crippen molar-refractivity contribution in [3.8, 4) is 5.75 Å². The van der Waals surface area contributed by atoms with Gasteiger partial charge in [-0.3, -0.25) is 13.9 Å².